The third-order valence-electron chi connectivity index (χ3n) is 5.32. The van der Waals surface area contributed by atoms with E-state index in [4.69, 9.17) is 0 Å². The van der Waals surface area contributed by atoms with Crippen molar-refractivity contribution in [3.63, 3.8) is 0 Å². The van der Waals surface area contributed by atoms with E-state index in [1.54, 1.807) is 35.0 Å². The summed E-state index contributed by atoms with van der Waals surface area (Å²) in [6.45, 7) is 0.627. The second kappa shape index (κ2) is 8.51. The van der Waals surface area contributed by atoms with Crippen molar-refractivity contribution >= 4 is 28.8 Å². The number of nitriles is 2. The molecule has 0 saturated heterocycles. The zero-order chi connectivity index (χ0) is 22.8. The molecular weight excluding hydrogens is 430 g/mol. The summed E-state index contributed by atoms with van der Waals surface area (Å²) in [6.07, 6.45) is 3.63. The fourth-order valence-corrected chi connectivity index (χ4v) is 4.72. The lowest BCUT2D eigenvalue weighted by Gasteiger charge is -2.01. The summed E-state index contributed by atoms with van der Waals surface area (Å²) in [5, 5.41) is 27.4. The highest BCUT2D eigenvalue weighted by Crippen LogP contribution is 2.40. The summed E-state index contributed by atoms with van der Waals surface area (Å²) in [5.41, 5.74) is 3.68. The first-order valence-electron chi connectivity index (χ1n) is 10.1. The van der Waals surface area contributed by atoms with Crippen LogP contribution >= 0.6 is 11.3 Å². The number of hydrogen-bond acceptors (Lipinski definition) is 6. The van der Waals surface area contributed by atoms with Crippen molar-refractivity contribution in [2.75, 3.05) is 0 Å². The van der Waals surface area contributed by atoms with Crippen molar-refractivity contribution in [3.8, 4) is 22.7 Å². The maximum Gasteiger partial charge on any atom is 0.194 e. The van der Waals surface area contributed by atoms with E-state index in [0.717, 1.165) is 21.0 Å². The number of fused-ring (bicyclic) bond motifs is 1. The van der Waals surface area contributed by atoms with Crippen LogP contribution in [0.15, 0.2) is 84.1 Å². The van der Waals surface area contributed by atoms with E-state index in [1.807, 2.05) is 60.8 Å². The van der Waals surface area contributed by atoms with Gasteiger partial charge < -0.3 is 0 Å². The van der Waals surface area contributed by atoms with Gasteiger partial charge in [0.2, 0.25) is 0 Å². The van der Waals surface area contributed by atoms with E-state index in [1.165, 1.54) is 11.3 Å². The second-order valence-corrected chi connectivity index (χ2v) is 8.51. The predicted molar refractivity (Wildman–Crippen MR) is 126 cm³/mol. The first-order chi connectivity index (χ1) is 16.2. The van der Waals surface area contributed by atoms with Crippen LogP contribution < -0.4 is 0 Å². The molecule has 0 saturated carbocycles. The second-order valence-electron chi connectivity index (χ2n) is 7.40. The molecule has 0 amide bonds. The van der Waals surface area contributed by atoms with E-state index < -0.39 is 0 Å². The Morgan fingerprint density at radius 1 is 0.970 bits per heavy atom. The van der Waals surface area contributed by atoms with Crippen molar-refractivity contribution in [3.05, 3.63) is 106 Å². The minimum Gasteiger partial charge on any atom is -0.289 e. The van der Waals surface area contributed by atoms with Crippen LogP contribution in [0, 0.1) is 22.7 Å². The number of allylic oxidation sites excluding steroid dienone is 3. The molecule has 2 aromatic heterocycles. The minimum atomic E-state index is -0.188. The quantitative estimate of drug-likeness (QED) is 0.320. The van der Waals surface area contributed by atoms with Crippen LogP contribution in [0.5, 0.6) is 0 Å². The van der Waals surface area contributed by atoms with Crippen LogP contribution in [0.1, 0.15) is 26.4 Å². The molecular formula is C26H15N5OS. The highest BCUT2D eigenvalue weighted by molar-refractivity contribution is 7.16. The molecule has 4 aromatic rings. The molecule has 0 fully saturated rings. The van der Waals surface area contributed by atoms with Gasteiger partial charge in [0, 0.05) is 21.6 Å². The largest absolute Gasteiger partial charge is 0.289 e. The smallest absolute Gasteiger partial charge is 0.194 e. The van der Waals surface area contributed by atoms with Crippen molar-refractivity contribution in [1.29, 1.82) is 10.5 Å². The zero-order valence-corrected chi connectivity index (χ0v) is 18.1. The van der Waals surface area contributed by atoms with Gasteiger partial charge in [-0.3, -0.25) is 4.79 Å². The lowest BCUT2D eigenvalue weighted by Crippen LogP contribution is -1.99. The number of thiophene rings is 1. The van der Waals surface area contributed by atoms with Crippen LogP contribution in [0.3, 0.4) is 0 Å². The molecule has 0 bridgehead atoms. The van der Waals surface area contributed by atoms with Crippen molar-refractivity contribution in [2.24, 2.45) is 0 Å². The van der Waals surface area contributed by atoms with Crippen molar-refractivity contribution < 1.29 is 4.79 Å². The molecule has 0 radical (unpaired) electrons. The summed E-state index contributed by atoms with van der Waals surface area (Å²) in [6, 6.07) is 24.8. The molecule has 156 valence electrons. The monoisotopic (exact) mass is 445 g/mol. The Morgan fingerprint density at radius 3 is 2.45 bits per heavy atom. The molecule has 5 rings (SSSR count). The third-order valence-corrected chi connectivity index (χ3v) is 6.38. The summed E-state index contributed by atoms with van der Waals surface area (Å²) in [5.74, 6) is -0.188. The number of Topliss-reactive ketones (excluding diaryl/α,β-unsaturated/α-hetero) is 1. The van der Waals surface area contributed by atoms with Gasteiger partial charge in [-0.1, -0.05) is 59.8 Å². The standard InChI is InChI=1S/C26H15N5OS/c27-13-18(14-28)25-20-8-4-5-9-21(20)26(32)22(25)12-19-10-11-24(33-19)23-16-31(30-29-23)15-17-6-2-1-3-7-17/h1-12,16H,15H2. The topological polar surface area (TPSA) is 95.4 Å². The molecule has 2 heterocycles. The van der Waals surface area contributed by atoms with Crippen LogP contribution in [-0.4, -0.2) is 20.8 Å². The third kappa shape index (κ3) is 3.78. The Hall–Kier alpha value is -4.59. The van der Waals surface area contributed by atoms with Gasteiger partial charge in [0.05, 0.1) is 17.6 Å². The first kappa shape index (κ1) is 20.3. The summed E-state index contributed by atoms with van der Waals surface area (Å²) < 4.78 is 1.78. The normalized spacial score (nSPS) is 13.6. The van der Waals surface area contributed by atoms with E-state index in [0.29, 0.717) is 28.8 Å². The summed E-state index contributed by atoms with van der Waals surface area (Å²) in [7, 11) is 0. The molecule has 33 heavy (non-hydrogen) atoms. The SMILES string of the molecule is N#CC(C#N)=C1C(=Cc2ccc(-c3cn(Cc4ccccc4)nn3)s2)C(=O)c2ccccc21. The summed E-state index contributed by atoms with van der Waals surface area (Å²) >= 11 is 1.47. The molecule has 0 aliphatic heterocycles. The molecule has 1 aliphatic rings. The molecule has 6 nitrogen and oxygen atoms in total. The van der Waals surface area contributed by atoms with Crippen molar-refractivity contribution in [1.82, 2.24) is 15.0 Å². The highest BCUT2D eigenvalue weighted by Gasteiger charge is 2.32. The first-order valence-corrected chi connectivity index (χ1v) is 10.9. The molecule has 7 heteroatoms. The maximum absolute atomic E-state index is 13.1. The molecule has 1 aliphatic carbocycles. The molecule has 0 unspecified atom stereocenters. The zero-order valence-electron chi connectivity index (χ0n) is 17.3. The Bertz CT molecular complexity index is 1510. The van der Waals surface area contributed by atoms with Crippen LogP contribution in [0.2, 0.25) is 0 Å². The fraction of sp³-hybridized carbons (Fsp3) is 0.0385. The Labute approximate surface area is 194 Å². The number of benzene rings is 2. The van der Waals surface area contributed by atoms with E-state index in [2.05, 4.69) is 10.3 Å². The number of carbonyl (C=O) groups excluding carboxylic acids is 1. The predicted octanol–water partition coefficient (Wildman–Crippen LogP) is 5.14. The van der Waals surface area contributed by atoms with Gasteiger partial charge in [0.25, 0.3) is 0 Å². The van der Waals surface area contributed by atoms with E-state index in [9.17, 15) is 15.3 Å². The minimum absolute atomic E-state index is 0.0693. The van der Waals surface area contributed by atoms with Gasteiger partial charge in [0.15, 0.2) is 5.78 Å². The van der Waals surface area contributed by atoms with Gasteiger partial charge in [0.1, 0.15) is 23.4 Å². The van der Waals surface area contributed by atoms with Gasteiger partial charge in [-0.25, -0.2) is 4.68 Å². The fourth-order valence-electron chi connectivity index (χ4n) is 3.82. The average molecular weight is 446 g/mol. The van der Waals surface area contributed by atoms with E-state index >= 15 is 0 Å². The number of rotatable bonds is 4. The Morgan fingerprint density at radius 2 is 1.70 bits per heavy atom. The average Bonchev–Trinajstić information content (AvgIpc) is 3.56. The van der Waals surface area contributed by atoms with E-state index in [-0.39, 0.29) is 11.4 Å². The molecule has 0 spiro atoms. The molecule has 2 aromatic carbocycles. The number of aromatic nitrogens is 3. The van der Waals surface area contributed by atoms with Crippen LogP contribution in [0.4, 0.5) is 0 Å². The lowest BCUT2D eigenvalue weighted by atomic mass is 9.99. The number of carbonyl (C=O) groups is 1. The van der Waals surface area contributed by atoms with Crippen LogP contribution in [-0.2, 0) is 6.54 Å². The van der Waals surface area contributed by atoms with Gasteiger partial charge in [-0.05, 0) is 29.3 Å². The molecule has 0 atom stereocenters. The van der Waals surface area contributed by atoms with Gasteiger partial charge in [-0.15, -0.1) is 16.4 Å². The Balaban J connectivity index is 1.48. The van der Waals surface area contributed by atoms with Gasteiger partial charge in [-0.2, -0.15) is 10.5 Å². The summed E-state index contributed by atoms with van der Waals surface area (Å²) in [4.78, 5) is 14.8. The Kier molecular flexibility index (Phi) is 5.24. The number of ketones is 1. The number of hydrogen-bond donors (Lipinski definition) is 0. The number of nitrogens with zero attached hydrogens (tertiary/aromatic N) is 5. The molecule has 0 N–H and O–H groups in total. The van der Waals surface area contributed by atoms with Crippen LogP contribution in [0.25, 0.3) is 22.2 Å². The van der Waals surface area contributed by atoms with Gasteiger partial charge >= 0.3 is 0 Å². The van der Waals surface area contributed by atoms with Crippen molar-refractivity contribution in [2.45, 2.75) is 6.54 Å². The maximum atomic E-state index is 13.1. The lowest BCUT2D eigenvalue weighted by molar-refractivity contribution is 0.104. The highest BCUT2D eigenvalue weighted by atomic mass is 32.1.